The highest BCUT2D eigenvalue weighted by atomic mass is 16.7. The predicted octanol–water partition coefficient (Wildman–Crippen LogP) is 5.70. The van der Waals surface area contributed by atoms with Crippen molar-refractivity contribution in [1.29, 1.82) is 0 Å². The van der Waals surface area contributed by atoms with Gasteiger partial charge >= 0.3 is 5.97 Å². The summed E-state index contributed by atoms with van der Waals surface area (Å²) < 4.78 is 30.0. The quantitative estimate of drug-likeness (QED) is 0.248. The predicted molar refractivity (Wildman–Crippen MR) is 132 cm³/mol. The largest absolute Gasteiger partial charge is 0.466 e. The summed E-state index contributed by atoms with van der Waals surface area (Å²) >= 11 is 0. The number of allylic oxidation sites excluding steroid dienone is 1. The maximum absolute atomic E-state index is 11.9. The third-order valence-corrected chi connectivity index (χ3v) is 8.91. The highest BCUT2D eigenvalue weighted by Crippen LogP contribution is 2.52. The molecule has 2 unspecified atom stereocenters. The van der Waals surface area contributed by atoms with Gasteiger partial charge in [0.05, 0.1) is 19.3 Å². The molecule has 3 aliphatic carbocycles. The van der Waals surface area contributed by atoms with Crippen molar-refractivity contribution in [3.05, 3.63) is 23.8 Å². The van der Waals surface area contributed by atoms with Gasteiger partial charge in [-0.25, -0.2) is 4.79 Å². The molecular weight excluding hydrogens is 444 g/mol. The van der Waals surface area contributed by atoms with Gasteiger partial charge in [-0.1, -0.05) is 30.6 Å². The summed E-state index contributed by atoms with van der Waals surface area (Å²) in [5, 5.41) is 0. The third kappa shape index (κ3) is 6.57. The van der Waals surface area contributed by atoms with Crippen LogP contribution in [0.4, 0.5) is 0 Å². The molecule has 196 valence electrons. The molecule has 3 saturated carbocycles. The van der Waals surface area contributed by atoms with Gasteiger partial charge in [0.2, 0.25) is 0 Å². The lowest BCUT2D eigenvalue weighted by Gasteiger charge is -2.31. The molecule has 2 heterocycles. The molecule has 35 heavy (non-hydrogen) atoms. The summed E-state index contributed by atoms with van der Waals surface area (Å²) in [4.78, 5) is 11.9. The Balaban J connectivity index is 1.31. The van der Waals surface area contributed by atoms with Crippen molar-refractivity contribution in [2.45, 2.75) is 108 Å². The second-order valence-electron chi connectivity index (χ2n) is 11.3. The molecule has 0 radical (unpaired) electrons. The van der Waals surface area contributed by atoms with Crippen LogP contribution in [0.2, 0.25) is 0 Å². The number of methoxy groups -OCH3 is 1. The number of ether oxygens (including phenoxy) is 5. The van der Waals surface area contributed by atoms with Crippen LogP contribution in [0.25, 0.3) is 0 Å². The average Bonchev–Trinajstić information content (AvgIpc) is 3.61. The van der Waals surface area contributed by atoms with E-state index in [1.807, 2.05) is 0 Å². The molecule has 0 aromatic carbocycles. The number of hydrogen-bond donors (Lipinski definition) is 0. The molecule has 0 bridgehead atoms. The first-order valence-corrected chi connectivity index (χ1v) is 14.2. The normalized spacial score (nSPS) is 38.3. The fourth-order valence-electron chi connectivity index (χ4n) is 7.08. The summed E-state index contributed by atoms with van der Waals surface area (Å²) in [6.45, 7) is 1.61. The molecule has 0 aromatic heterocycles. The van der Waals surface area contributed by atoms with Gasteiger partial charge in [0.1, 0.15) is 0 Å². The molecule has 0 amide bonds. The Hall–Kier alpha value is -1.21. The fourth-order valence-corrected chi connectivity index (χ4v) is 7.08. The molecular formula is C29H44O6. The fraction of sp³-hybridized carbons (Fsp3) is 0.828. The highest BCUT2D eigenvalue weighted by Gasteiger charge is 2.47. The van der Waals surface area contributed by atoms with E-state index in [1.54, 1.807) is 6.08 Å². The monoisotopic (exact) mass is 488 g/mol. The maximum Gasteiger partial charge on any atom is 0.330 e. The number of rotatable bonds is 8. The van der Waals surface area contributed by atoms with Crippen LogP contribution in [0.1, 0.15) is 83.5 Å². The van der Waals surface area contributed by atoms with Crippen LogP contribution in [0.15, 0.2) is 23.8 Å². The van der Waals surface area contributed by atoms with Crippen LogP contribution in [-0.2, 0) is 28.5 Å². The lowest BCUT2D eigenvalue weighted by atomic mass is 9.89. The molecule has 5 aliphatic rings. The summed E-state index contributed by atoms with van der Waals surface area (Å²) in [6, 6.07) is 0. The van der Waals surface area contributed by atoms with Gasteiger partial charge in [-0.05, 0) is 88.4 Å². The van der Waals surface area contributed by atoms with Crippen molar-refractivity contribution in [3.8, 4) is 0 Å². The van der Waals surface area contributed by atoms with E-state index < -0.39 is 0 Å². The number of carbonyl (C=O) groups excluding carboxylic acids is 1. The summed E-state index contributed by atoms with van der Waals surface area (Å²) in [5.74, 6) is 1.69. The Morgan fingerprint density at radius 1 is 0.943 bits per heavy atom. The summed E-state index contributed by atoms with van der Waals surface area (Å²) in [6.07, 6.45) is 21.2. The Morgan fingerprint density at radius 2 is 1.66 bits per heavy atom. The van der Waals surface area contributed by atoms with Gasteiger partial charge in [0, 0.05) is 25.2 Å². The molecule has 7 atom stereocenters. The van der Waals surface area contributed by atoms with Crippen molar-refractivity contribution in [2.24, 2.45) is 23.7 Å². The Labute approximate surface area is 210 Å². The first kappa shape index (κ1) is 25.4. The van der Waals surface area contributed by atoms with E-state index >= 15 is 0 Å². The molecule has 5 rings (SSSR count). The zero-order chi connectivity index (χ0) is 24.0. The van der Waals surface area contributed by atoms with Crippen molar-refractivity contribution in [1.82, 2.24) is 0 Å². The lowest BCUT2D eigenvalue weighted by Crippen LogP contribution is -2.32. The SMILES string of the molecule is COC(=O)/C=C1\C[C@H]2C[C@@H](OC3CCCCO3)[C@H](/C=C/[C@@H](OC3CCCCO3)C3CCCC3)[C@H]2C1. The molecule has 0 aromatic rings. The van der Waals surface area contributed by atoms with Crippen LogP contribution in [0, 0.1) is 23.7 Å². The van der Waals surface area contributed by atoms with Crippen LogP contribution in [0.5, 0.6) is 0 Å². The first-order valence-electron chi connectivity index (χ1n) is 14.2. The summed E-state index contributed by atoms with van der Waals surface area (Å²) in [5.41, 5.74) is 1.22. The van der Waals surface area contributed by atoms with E-state index in [4.69, 9.17) is 23.7 Å². The van der Waals surface area contributed by atoms with Crippen LogP contribution < -0.4 is 0 Å². The van der Waals surface area contributed by atoms with E-state index in [1.165, 1.54) is 51.2 Å². The van der Waals surface area contributed by atoms with Crippen molar-refractivity contribution in [2.75, 3.05) is 20.3 Å². The van der Waals surface area contributed by atoms with E-state index in [9.17, 15) is 4.79 Å². The van der Waals surface area contributed by atoms with E-state index in [0.29, 0.717) is 23.7 Å². The standard InChI is InChI=1S/C29H44O6/c1-31-27(30)18-20-16-22-19-26(35-29-11-5-7-15-33-29)23(24(22)17-20)12-13-25(21-8-2-3-9-21)34-28-10-4-6-14-32-28/h12-13,18,21-26,28-29H,2-11,14-17,19H2,1H3/b13-12+,20-18+/t22-,23+,24-,25+,26+,28?,29?/m0/s1. The molecule has 2 aliphatic heterocycles. The molecule has 0 spiro atoms. The number of esters is 1. The highest BCUT2D eigenvalue weighted by molar-refractivity contribution is 5.82. The zero-order valence-electron chi connectivity index (χ0n) is 21.4. The number of hydrogen-bond acceptors (Lipinski definition) is 6. The molecule has 6 nitrogen and oxygen atoms in total. The average molecular weight is 489 g/mol. The summed E-state index contributed by atoms with van der Waals surface area (Å²) in [7, 11) is 1.45. The van der Waals surface area contributed by atoms with E-state index in [0.717, 1.165) is 58.2 Å². The molecule has 0 N–H and O–H groups in total. The Bertz CT molecular complexity index is 744. The maximum atomic E-state index is 11.9. The second-order valence-corrected chi connectivity index (χ2v) is 11.3. The number of fused-ring (bicyclic) bond motifs is 1. The van der Waals surface area contributed by atoms with Gasteiger partial charge in [0.25, 0.3) is 0 Å². The minimum absolute atomic E-state index is 0.0703. The first-order chi connectivity index (χ1) is 17.2. The molecule has 2 saturated heterocycles. The van der Waals surface area contributed by atoms with Crippen molar-refractivity contribution < 1.29 is 28.5 Å². The van der Waals surface area contributed by atoms with Gasteiger partial charge in [0.15, 0.2) is 12.6 Å². The minimum atomic E-state index is -0.238. The van der Waals surface area contributed by atoms with Gasteiger partial charge in [-0.2, -0.15) is 0 Å². The Morgan fingerprint density at radius 3 is 2.34 bits per heavy atom. The molecule has 5 fully saturated rings. The molecule has 6 heteroatoms. The lowest BCUT2D eigenvalue weighted by molar-refractivity contribution is -0.193. The van der Waals surface area contributed by atoms with Gasteiger partial charge in [-0.3, -0.25) is 0 Å². The van der Waals surface area contributed by atoms with E-state index in [2.05, 4.69) is 12.2 Å². The van der Waals surface area contributed by atoms with Gasteiger partial charge in [-0.15, -0.1) is 0 Å². The van der Waals surface area contributed by atoms with Crippen LogP contribution >= 0.6 is 0 Å². The van der Waals surface area contributed by atoms with E-state index in [-0.39, 0.29) is 30.8 Å². The second kappa shape index (κ2) is 12.4. The third-order valence-electron chi connectivity index (χ3n) is 8.91. The van der Waals surface area contributed by atoms with Crippen molar-refractivity contribution in [3.63, 3.8) is 0 Å². The van der Waals surface area contributed by atoms with Crippen LogP contribution in [-0.4, -0.2) is 51.1 Å². The number of carbonyl (C=O) groups is 1. The minimum Gasteiger partial charge on any atom is -0.466 e. The smallest absolute Gasteiger partial charge is 0.330 e. The Kier molecular flexibility index (Phi) is 8.98. The van der Waals surface area contributed by atoms with Crippen LogP contribution in [0.3, 0.4) is 0 Å². The van der Waals surface area contributed by atoms with Gasteiger partial charge < -0.3 is 23.7 Å². The zero-order valence-corrected chi connectivity index (χ0v) is 21.4. The topological polar surface area (TPSA) is 63.2 Å². The van der Waals surface area contributed by atoms with Crippen molar-refractivity contribution >= 4 is 5.97 Å².